The average Bonchev–Trinajstić information content (AvgIpc) is 3.17. The molecule has 1 heterocycles. The van der Waals surface area contributed by atoms with Gasteiger partial charge in [0.1, 0.15) is 5.75 Å². The largest absolute Gasteiger partial charge is 0.494 e. The lowest BCUT2D eigenvalue weighted by Gasteiger charge is -2.18. The van der Waals surface area contributed by atoms with E-state index < -0.39 is 0 Å². The van der Waals surface area contributed by atoms with Gasteiger partial charge in [0.15, 0.2) is 0 Å². The standard InChI is InChI=1S/C22H28N2O2/c1-2-3-15-26-21-11-9-19(10-12-21)22(25)23-16-18-13-14-24(17-18)20-7-5-4-6-8-20/h4-12,18H,2-3,13-17H2,1H3,(H,23,25). The van der Waals surface area contributed by atoms with E-state index in [1.807, 2.05) is 30.3 Å². The first-order valence-electron chi connectivity index (χ1n) is 9.57. The van der Waals surface area contributed by atoms with Crippen LogP contribution in [0.25, 0.3) is 0 Å². The summed E-state index contributed by atoms with van der Waals surface area (Å²) in [4.78, 5) is 14.7. The van der Waals surface area contributed by atoms with Gasteiger partial charge in [-0.1, -0.05) is 31.5 Å². The molecule has 1 aliphatic rings. The van der Waals surface area contributed by atoms with Gasteiger partial charge in [-0.05, 0) is 55.2 Å². The first-order valence-corrected chi connectivity index (χ1v) is 9.57. The number of benzene rings is 2. The summed E-state index contributed by atoms with van der Waals surface area (Å²) in [5.74, 6) is 1.31. The van der Waals surface area contributed by atoms with E-state index in [1.165, 1.54) is 5.69 Å². The van der Waals surface area contributed by atoms with E-state index in [0.29, 0.717) is 11.5 Å². The first-order chi connectivity index (χ1) is 12.8. The maximum Gasteiger partial charge on any atom is 0.251 e. The van der Waals surface area contributed by atoms with Crippen LogP contribution in [0.1, 0.15) is 36.5 Å². The fraction of sp³-hybridized carbons (Fsp3) is 0.409. The fourth-order valence-corrected chi connectivity index (χ4v) is 3.25. The molecule has 4 nitrogen and oxygen atoms in total. The van der Waals surface area contributed by atoms with E-state index in [0.717, 1.165) is 51.3 Å². The highest BCUT2D eigenvalue weighted by Crippen LogP contribution is 2.23. The Labute approximate surface area is 156 Å². The Balaban J connectivity index is 1.44. The van der Waals surface area contributed by atoms with E-state index in [2.05, 4.69) is 41.4 Å². The molecule has 0 aliphatic carbocycles. The van der Waals surface area contributed by atoms with Crippen LogP contribution in [-0.4, -0.2) is 32.1 Å². The zero-order valence-electron chi connectivity index (χ0n) is 15.5. The number of hydrogen-bond donors (Lipinski definition) is 1. The van der Waals surface area contributed by atoms with Crippen LogP contribution in [-0.2, 0) is 0 Å². The minimum Gasteiger partial charge on any atom is -0.494 e. The number of carbonyl (C=O) groups excluding carboxylic acids is 1. The lowest BCUT2D eigenvalue weighted by Crippen LogP contribution is -2.31. The minimum atomic E-state index is -0.0109. The average molecular weight is 352 g/mol. The predicted octanol–water partition coefficient (Wildman–Crippen LogP) is 4.12. The Bertz CT molecular complexity index is 685. The zero-order valence-corrected chi connectivity index (χ0v) is 15.5. The monoisotopic (exact) mass is 352 g/mol. The van der Waals surface area contributed by atoms with Crippen LogP contribution in [0.5, 0.6) is 5.75 Å². The zero-order chi connectivity index (χ0) is 18.2. The van der Waals surface area contributed by atoms with Crippen LogP contribution in [0.4, 0.5) is 5.69 Å². The number of unbranched alkanes of at least 4 members (excludes halogenated alkanes) is 1. The van der Waals surface area contributed by atoms with Gasteiger partial charge in [-0.3, -0.25) is 4.79 Å². The second-order valence-corrected chi connectivity index (χ2v) is 6.87. The first kappa shape index (κ1) is 18.3. The molecule has 1 saturated heterocycles. The van der Waals surface area contributed by atoms with Crippen molar-refractivity contribution in [2.75, 3.05) is 31.1 Å². The third-order valence-electron chi connectivity index (χ3n) is 4.84. The highest BCUT2D eigenvalue weighted by Gasteiger charge is 2.23. The number of hydrogen-bond acceptors (Lipinski definition) is 3. The number of ether oxygens (including phenoxy) is 1. The number of para-hydroxylation sites is 1. The predicted molar refractivity (Wildman–Crippen MR) is 106 cm³/mol. The smallest absolute Gasteiger partial charge is 0.251 e. The molecule has 1 aliphatic heterocycles. The molecule has 0 aromatic heterocycles. The van der Waals surface area contributed by atoms with Gasteiger partial charge in [-0.2, -0.15) is 0 Å². The number of rotatable bonds is 8. The van der Waals surface area contributed by atoms with E-state index >= 15 is 0 Å². The lowest BCUT2D eigenvalue weighted by atomic mass is 10.1. The molecule has 3 rings (SSSR count). The van der Waals surface area contributed by atoms with Gasteiger partial charge in [-0.15, -0.1) is 0 Å². The van der Waals surface area contributed by atoms with E-state index in [4.69, 9.17) is 4.74 Å². The number of nitrogens with zero attached hydrogens (tertiary/aromatic N) is 1. The topological polar surface area (TPSA) is 41.6 Å². The van der Waals surface area contributed by atoms with Crippen molar-refractivity contribution in [1.29, 1.82) is 0 Å². The van der Waals surface area contributed by atoms with Crippen molar-refractivity contribution >= 4 is 11.6 Å². The van der Waals surface area contributed by atoms with Crippen molar-refractivity contribution in [3.63, 3.8) is 0 Å². The molecule has 1 N–H and O–H groups in total. The second-order valence-electron chi connectivity index (χ2n) is 6.87. The summed E-state index contributed by atoms with van der Waals surface area (Å²) < 4.78 is 5.64. The Hall–Kier alpha value is -2.49. The summed E-state index contributed by atoms with van der Waals surface area (Å²) in [5, 5.41) is 3.08. The normalized spacial score (nSPS) is 16.5. The Morgan fingerprint density at radius 3 is 2.65 bits per heavy atom. The summed E-state index contributed by atoms with van der Waals surface area (Å²) in [6.45, 7) is 5.63. The summed E-state index contributed by atoms with van der Waals surface area (Å²) in [7, 11) is 0. The summed E-state index contributed by atoms with van der Waals surface area (Å²) >= 11 is 0. The molecule has 0 saturated carbocycles. The molecule has 1 unspecified atom stereocenters. The van der Waals surface area contributed by atoms with Crippen molar-refractivity contribution in [2.24, 2.45) is 5.92 Å². The van der Waals surface area contributed by atoms with Crippen molar-refractivity contribution in [2.45, 2.75) is 26.2 Å². The molecular weight excluding hydrogens is 324 g/mol. The molecule has 1 atom stereocenters. The van der Waals surface area contributed by atoms with Gasteiger partial charge < -0.3 is 15.0 Å². The molecule has 138 valence electrons. The molecule has 0 radical (unpaired) electrons. The quantitative estimate of drug-likeness (QED) is 0.727. The molecule has 2 aromatic carbocycles. The van der Waals surface area contributed by atoms with Crippen LogP contribution in [0, 0.1) is 5.92 Å². The number of anilines is 1. The van der Waals surface area contributed by atoms with Gasteiger partial charge >= 0.3 is 0 Å². The molecule has 0 spiro atoms. The van der Waals surface area contributed by atoms with Crippen LogP contribution < -0.4 is 15.0 Å². The summed E-state index contributed by atoms with van der Waals surface area (Å²) in [6, 6.07) is 17.9. The van der Waals surface area contributed by atoms with Crippen LogP contribution in [0.3, 0.4) is 0 Å². The Kier molecular flexibility index (Phi) is 6.53. The van der Waals surface area contributed by atoms with Crippen LogP contribution in [0.15, 0.2) is 54.6 Å². The van der Waals surface area contributed by atoms with Crippen molar-refractivity contribution in [3.05, 3.63) is 60.2 Å². The van der Waals surface area contributed by atoms with Gasteiger partial charge in [0, 0.05) is 30.9 Å². The second kappa shape index (κ2) is 9.27. The molecule has 26 heavy (non-hydrogen) atoms. The third kappa shape index (κ3) is 5.01. The molecule has 2 aromatic rings. The Morgan fingerprint density at radius 1 is 1.15 bits per heavy atom. The number of amides is 1. The maximum absolute atomic E-state index is 12.4. The van der Waals surface area contributed by atoms with Crippen molar-refractivity contribution in [1.82, 2.24) is 5.32 Å². The van der Waals surface area contributed by atoms with E-state index in [1.54, 1.807) is 0 Å². The molecule has 1 amide bonds. The molecule has 0 bridgehead atoms. The fourth-order valence-electron chi connectivity index (χ4n) is 3.25. The van der Waals surface area contributed by atoms with Gasteiger partial charge in [-0.25, -0.2) is 0 Å². The van der Waals surface area contributed by atoms with Crippen molar-refractivity contribution in [3.8, 4) is 5.75 Å². The van der Waals surface area contributed by atoms with Crippen molar-refractivity contribution < 1.29 is 9.53 Å². The van der Waals surface area contributed by atoms with Crippen LogP contribution in [0.2, 0.25) is 0 Å². The van der Waals surface area contributed by atoms with Gasteiger partial charge in [0.05, 0.1) is 6.61 Å². The molecule has 1 fully saturated rings. The Morgan fingerprint density at radius 2 is 1.92 bits per heavy atom. The number of nitrogens with one attached hydrogen (secondary N) is 1. The molecule has 4 heteroatoms. The summed E-state index contributed by atoms with van der Waals surface area (Å²) in [5.41, 5.74) is 1.95. The van der Waals surface area contributed by atoms with E-state index in [9.17, 15) is 4.79 Å². The van der Waals surface area contributed by atoms with E-state index in [-0.39, 0.29) is 5.91 Å². The molecular formula is C22H28N2O2. The third-order valence-corrected chi connectivity index (χ3v) is 4.84. The lowest BCUT2D eigenvalue weighted by molar-refractivity contribution is 0.0948. The highest BCUT2D eigenvalue weighted by molar-refractivity contribution is 5.94. The van der Waals surface area contributed by atoms with Crippen LogP contribution >= 0.6 is 0 Å². The number of carbonyl (C=O) groups is 1. The van der Waals surface area contributed by atoms with Gasteiger partial charge in [0.2, 0.25) is 0 Å². The maximum atomic E-state index is 12.4. The summed E-state index contributed by atoms with van der Waals surface area (Å²) in [6.07, 6.45) is 3.27. The highest BCUT2D eigenvalue weighted by atomic mass is 16.5. The minimum absolute atomic E-state index is 0.0109. The SMILES string of the molecule is CCCCOc1ccc(C(=O)NCC2CCN(c3ccccc3)C2)cc1. The van der Waals surface area contributed by atoms with Gasteiger partial charge in [0.25, 0.3) is 5.91 Å².